The average Bonchev–Trinajstić information content (AvgIpc) is 2.72. The van der Waals surface area contributed by atoms with Crippen LogP contribution < -0.4 is 5.32 Å². The molecule has 2 amide bonds. The van der Waals surface area contributed by atoms with Gasteiger partial charge in [0.25, 0.3) is 0 Å². The lowest BCUT2D eigenvalue weighted by molar-refractivity contribution is -0.145. The summed E-state index contributed by atoms with van der Waals surface area (Å²) in [5.41, 5.74) is 0.795. The molecule has 2 fully saturated rings. The fourth-order valence-corrected chi connectivity index (χ4v) is 4.71. The molecule has 1 N–H and O–H groups in total. The molecule has 2 aliphatic rings. The Morgan fingerprint density at radius 2 is 2.07 bits per heavy atom. The van der Waals surface area contributed by atoms with Gasteiger partial charge in [-0.1, -0.05) is 18.2 Å². The number of amides is 2. The monoisotopic (exact) mass is 396 g/mol. The number of rotatable bonds is 8. The highest BCUT2D eigenvalue weighted by atomic mass is 16.2. The lowest BCUT2D eigenvalue weighted by Gasteiger charge is -2.47. The van der Waals surface area contributed by atoms with Crippen LogP contribution in [0.1, 0.15) is 44.1 Å². The summed E-state index contributed by atoms with van der Waals surface area (Å²) in [6.07, 6.45) is 12.1. The van der Waals surface area contributed by atoms with Crippen LogP contribution in [-0.2, 0) is 16.1 Å². The van der Waals surface area contributed by atoms with Gasteiger partial charge in [0.05, 0.1) is 12.5 Å². The number of piperazine rings is 1. The minimum Gasteiger partial charge on any atom is -0.353 e. The van der Waals surface area contributed by atoms with Crippen LogP contribution in [0.5, 0.6) is 0 Å². The van der Waals surface area contributed by atoms with E-state index in [-0.39, 0.29) is 23.8 Å². The van der Waals surface area contributed by atoms with E-state index in [9.17, 15) is 9.59 Å². The molecule has 0 saturated carbocycles. The minimum atomic E-state index is -0.455. The van der Waals surface area contributed by atoms with Crippen LogP contribution in [0.15, 0.2) is 49.8 Å². The van der Waals surface area contributed by atoms with Crippen molar-refractivity contribution in [2.75, 3.05) is 19.6 Å². The van der Waals surface area contributed by atoms with Crippen LogP contribution in [0.2, 0.25) is 0 Å². The summed E-state index contributed by atoms with van der Waals surface area (Å²) in [4.78, 5) is 34.3. The van der Waals surface area contributed by atoms with E-state index in [0.717, 1.165) is 50.8 Å². The molecule has 156 valence electrons. The van der Waals surface area contributed by atoms with Crippen molar-refractivity contribution >= 4 is 11.8 Å². The molecule has 0 unspecified atom stereocenters. The zero-order valence-electron chi connectivity index (χ0n) is 17.2. The third-order valence-electron chi connectivity index (χ3n) is 6.11. The highest BCUT2D eigenvalue weighted by Gasteiger charge is 2.41. The lowest BCUT2D eigenvalue weighted by Crippen LogP contribution is -2.59. The smallest absolute Gasteiger partial charge is 0.237 e. The molecule has 1 atom stereocenters. The molecule has 2 aliphatic heterocycles. The van der Waals surface area contributed by atoms with Gasteiger partial charge in [-0.2, -0.15) is 0 Å². The Bertz CT molecular complexity index is 724. The minimum absolute atomic E-state index is 0.0478. The van der Waals surface area contributed by atoms with Gasteiger partial charge in [-0.25, -0.2) is 0 Å². The van der Waals surface area contributed by atoms with Crippen molar-refractivity contribution in [3.05, 3.63) is 55.4 Å². The normalized spacial score (nSPS) is 22.0. The third-order valence-corrected chi connectivity index (χ3v) is 6.11. The fourth-order valence-electron chi connectivity index (χ4n) is 4.71. The first-order valence-corrected chi connectivity index (χ1v) is 10.5. The Hall–Kier alpha value is -2.47. The number of carbonyl (C=O) groups excluding carboxylic acids is 2. The molecule has 0 aromatic carbocycles. The van der Waals surface area contributed by atoms with Crippen LogP contribution >= 0.6 is 0 Å². The van der Waals surface area contributed by atoms with Crippen molar-refractivity contribution in [1.82, 2.24) is 20.1 Å². The maximum atomic E-state index is 13.4. The third kappa shape index (κ3) is 4.93. The standard InChI is InChI=1S/C23H32N4O2/c1-3-9-23(10-4-2)11-5-6-14-27(23)21(28)16-20-22(29)25-13-15-26(20)18-19-8-7-12-24-17-19/h3-4,7-8,12,17,20H,1-2,5-6,9-11,13-16,18H2,(H,25,29)/t20-/m1/s1. The van der Waals surface area contributed by atoms with Gasteiger partial charge >= 0.3 is 0 Å². The summed E-state index contributed by atoms with van der Waals surface area (Å²) in [5.74, 6) is -0.0184. The molecule has 1 aromatic rings. The van der Waals surface area contributed by atoms with Gasteiger partial charge in [-0.3, -0.25) is 19.5 Å². The Kier molecular flexibility index (Phi) is 7.20. The van der Waals surface area contributed by atoms with Crippen LogP contribution in [0.25, 0.3) is 0 Å². The largest absolute Gasteiger partial charge is 0.353 e. The van der Waals surface area contributed by atoms with E-state index in [4.69, 9.17) is 0 Å². The molecule has 0 bridgehead atoms. The first-order valence-electron chi connectivity index (χ1n) is 10.5. The highest BCUT2D eigenvalue weighted by molar-refractivity contribution is 5.89. The Balaban J connectivity index is 1.77. The summed E-state index contributed by atoms with van der Waals surface area (Å²) in [6.45, 7) is 10.5. The molecule has 1 aromatic heterocycles. The van der Waals surface area contributed by atoms with Gasteiger partial charge < -0.3 is 10.2 Å². The quantitative estimate of drug-likeness (QED) is 0.686. The molecule has 0 radical (unpaired) electrons. The molecule has 2 saturated heterocycles. The van der Waals surface area contributed by atoms with E-state index in [1.54, 1.807) is 6.20 Å². The van der Waals surface area contributed by atoms with E-state index in [1.165, 1.54) is 0 Å². The molecule has 0 spiro atoms. The van der Waals surface area contributed by atoms with Crippen molar-refractivity contribution in [3.8, 4) is 0 Å². The van der Waals surface area contributed by atoms with E-state index < -0.39 is 6.04 Å². The molecule has 0 aliphatic carbocycles. The Morgan fingerprint density at radius 3 is 2.76 bits per heavy atom. The van der Waals surface area contributed by atoms with Gasteiger partial charge in [0.1, 0.15) is 0 Å². The van der Waals surface area contributed by atoms with Crippen LogP contribution in [0.4, 0.5) is 0 Å². The number of pyridine rings is 1. The van der Waals surface area contributed by atoms with Gasteiger partial charge in [-0.15, -0.1) is 13.2 Å². The Labute approximate surface area is 173 Å². The predicted molar refractivity (Wildman–Crippen MR) is 114 cm³/mol. The zero-order chi connectivity index (χ0) is 20.7. The number of aromatic nitrogens is 1. The van der Waals surface area contributed by atoms with E-state index in [2.05, 4.69) is 28.4 Å². The van der Waals surface area contributed by atoms with Crippen LogP contribution in [0.3, 0.4) is 0 Å². The highest BCUT2D eigenvalue weighted by Crippen LogP contribution is 2.36. The molecule has 6 heteroatoms. The van der Waals surface area contributed by atoms with Crippen molar-refractivity contribution in [2.24, 2.45) is 0 Å². The summed E-state index contributed by atoms with van der Waals surface area (Å²) in [5, 5.41) is 2.93. The maximum absolute atomic E-state index is 13.4. The second-order valence-corrected chi connectivity index (χ2v) is 8.06. The van der Waals surface area contributed by atoms with Gasteiger partial charge in [0, 0.05) is 44.1 Å². The number of likely N-dealkylation sites (tertiary alicyclic amines) is 1. The number of nitrogens with zero attached hydrogens (tertiary/aromatic N) is 3. The topological polar surface area (TPSA) is 65.5 Å². The lowest BCUT2D eigenvalue weighted by atomic mass is 9.80. The fraction of sp³-hybridized carbons (Fsp3) is 0.522. The van der Waals surface area contributed by atoms with Gasteiger partial charge in [-0.05, 0) is 43.7 Å². The van der Waals surface area contributed by atoms with Gasteiger partial charge in [0.2, 0.25) is 11.8 Å². The maximum Gasteiger partial charge on any atom is 0.237 e. The van der Waals surface area contributed by atoms with E-state index in [1.807, 2.05) is 35.4 Å². The second kappa shape index (κ2) is 9.83. The van der Waals surface area contributed by atoms with Crippen molar-refractivity contribution < 1.29 is 9.59 Å². The first kappa shape index (κ1) is 21.2. The summed E-state index contributed by atoms with van der Waals surface area (Å²) in [6, 6.07) is 3.44. The summed E-state index contributed by atoms with van der Waals surface area (Å²) < 4.78 is 0. The molecular weight excluding hydrogens is 364 g/mol. The van der Waals surface area contributed by atoms with E-state index in [0.29, 0.717) is 13.1 Å². The van der Waals surface area contributed by atoms with E-state index >= 15 is 0 Å². The predicted octanol–water partition coefficient (Wildman–Crippen LogP) is 2.68. The number of hydrogen-bond acceptors (Lipinski definition) is 4. The van der Waals surface area contributed by atoms with Crippen LogP contribution in [0, 0.1) is 0 Å². The van der Waals surface area contributed by atoms with Crippen LogP contribution in [-0.4, -0.2) is 57.8 Å². The van der Waals surface area contributed by atoms with Crippen molar-refractivity contribution in [3.63, 3.8) is 0 Å². The average molecular weight is 397 g/mol. The SMILES string of the molecule is C=CCC1(CC=C)CCCCN1C(=O)C[C@@H]1C(=O)NCCN1Cc1cccnc1. The molecule has 29 heavy (non-hydrogen) atoms. The summed E-state index contributed by atoms with van der Waals surface area (Å²) in [7, 11) is 0. The first-order chi connectivity index (χ1) is 14.1. The van der Waals surface area contributed by atoms with Crippen molar-refractivity contribution in [2.45, 2.75) is 56.7 Å². The number of hydrogen-bond donors (Lipinski definition) is 1. The molecule has 3 heterocycles. The molecule has 6 nitrogen and oxygen atoms in total. The molecular formula is C23H32N4O2. The Morgan fingerprint density at radius 1 is 1.28 bits per heavy atom. The summed E-state index contributed by atoms with van der Waals surface area (Å²) >= 11 is 0. The number of carbonyl (C=O) groups is 2. The van der Waals surface area contributed by atoms with Gasteiger partial charge in [0.15, 0.2) is 0 Å². The number of piperidine rings is 1. The zero-order valence-corrected chi connectivity index (χ0v) is 17.2. The van der Waals surface area contributed by atoms with Crippen molar-refractivity contribution in [1.29, 1.82) is 0 Å². The second-order valence-electron chi connectivity index (χ2n) is 8.06. The molecule has 3 rings (SSSR count). The number of nitrogens with one attached hydrogen (secondary N) is 1.